The van der Waals surface area contributed by atoms with Gasteiger partial charge in [-0.25, -0.2) is 0 Å². The minimum Gasteiger partial charge on any atom is -0.468 e. The minimum atomic E-state index is -3.58. The highest BCUT2D eigenvalue weighted by Gasteiger charge is 2.31. The molecule has 1 unspecified atom stereocenters. The van der Waals surface area contributed by atoms with E-state index in [1.807, 2.05) is 13.8 Å². The van der Waals surface area contributed by atoms with Gasteiger partial charge in [0.05, 0.1) is 7.11 Å². The molecule has 1 rings (SSSR count). The van der Waals surface area contributed by atoms with Crippen molar-refractivity contribution >= 4 is 16.2 Å². The van der Waals surface area contributed by atoms with Crippen LogP contribution in [0, 0.1) is 5.92 Å². The number of nitrogens with one attached hydrogen (secondary N) is 1. The summed E-state index contributed by atoms with van der Waals surface area (Å²) in [6.45, 7) is 4.90. The summed E-state index contributed by atoms with van der Waals surface area (Å²) in [7, 11) is -2.31. The Balaban J connectivity index is 2.72. The number of methoxy groups -OCH3 is 1. The quantitative estimate of drug-likeness (QED) is 0.718. The molecule has 1 aliphatic rings. The van der Waals surface area contributed by atoms with Crippen LogP contribution in [-0.2, 0) is 19.7 Å². The summed E-state index contributed by atoms with van der Waals surface area (Å²) in [5.74, 6) is -0.332. The molecule has 0 saturated carbocycles. The molecule has 0 bridgehead atoms. The lowest BCUT2D eigenvalue weighted by atomic mass is 10.1. The van der Waals surface area contributed by atoms with Gasteiger partial charge in [-0.3, -0.25) is 4.79 Å². The summed E-state index contributed by atoms with van der Waals surface area (Å²) in [6, 6.07) is -0.805. The van der Waals surface area contributed by atoms with Gasteiger partial charge in [-0.15, -0.1) is 0 Å². The van der Waals surface area contributed by atoms with E-state index in [4.69, 9.17) is 0 Å². The molecule has 1 heterocycles. The highest BCUT2D eigenvalue weighted by molar-refractivity contribution is 7.87. The van der Waals surface area contributed by atoms with E-state index < -0.39 is 22.2 Å². The van der Waals surface area contributed by atoms with E-state index in [-0.39, 0.29) is 5.92 Å². The third-order valence-corrected chi connectivity index (χ3v) is 4.52. The molecular formula is C11H22N2O4S. The topological polar surface area (TPSA) is 75.7 Å². The van der Waals surface area contributed by atoms with Gasteiger partial charge in [0, 0.05) is 13.1 Å². The Morgan fingerprint density at radius 3 is 2.33 bits per heavy atom. The number of rotatable bonds is 6. The van der Waals surface area contributed by atoms with Gasteiger partial charge in [-0.1, -0.05) is 13.8 Å². The average Bonchev–Trinajstić information content (AvgIpc) is 2.80. The zero-order valence-electron chi connectivity index (χ0n) is 11.2. The third-order valence-electron chi connectivity index (χ3n) is 2.89. The lowest BCUT2D eigenvalue weighted by Gasteiger charge is -2.22. The summed E-state index contributed by atoms with van der Waals surface area (Å²) in [4.78, 5) is 11.6. The highest BCUT2D eigenvalue weighted by atomic mass is 32.2. The maximum atomic E-state index is 12.1. The van der Waals surface area contributed by atoms with Crippen LogP contribution in [0.4, 0.5) is 0 Å². The molecule has 1 fully saturated rings. The Morgan fingerprint density at radius 1 is 1.33 bits per heavy atom. The van der Waals surface area contributed by atoms with Crippen molar-refractivity contribution in [3.63, 3.8) is 0 Å². The fourth-order valence-corrected chi connectivity index (χ4v) is 3.43. The van der Waals surface area contributed by atoms with E-state index in [9.17, 15) is 13.2 Å². The van der Waals surface area contributed by atoms with Crippen molar-refractivity contribution in [3.8, 4) is 0 Å². The van der Waals surface area contributed by atoms with Crippen molar-refractivity contribution in [3.05, 3.63) is 0 Å². The van der Waals surface area contributed by atoms with Crippen LogP contribution in [0.25, 0.3) is 0 Å². The van der Waals surface area contributed by atoms with Crippen molar-refractivity contribution in [2.75, 3.05) is 20.2 Å². The molecule has 1 atom stereocenters. The Kier molecular flexibility index (Phi) is 5.55. The van der Waals surface area contributed by atoms with Crippen LogP contribution >= 0.6 is 0 Å². The van der Waals surface area contributed by atoms with Crippen LogP contribution in [-0.4, -0.2) is 44.9 Å². The molecule has 1 N–H and O–H groups in total. The largest absolute Gasteiger partial charge is 0.468 e. The fourth-order valence-electron chi connectivity index (χ4n) is 1.99. The second-order valence-corrected chi connectivity index (χ2v) is 6.64. The Bertz CT molecular complexity index is 375. The summed E-state index contributed by atoms with van der Waals surface area (Å²) >= 11 is 0. The van der Waals surface area contributed by atoms with E-state index in [1.54, 1.807) is 0 Å². The van der Waals surface area contributed by atoms with Crippen LogP contribution in [0.5, 0.6) is 0 Å². The van der Waals surface area contributed by atoms with Crippen LogP contribution in [0.15, 0.2) is 0 Å². The molecule has 0 aromatic carbocycles. The predicted molar refractivity (Wildman–Crippen MR) is 68.1 cm³/mol. The van der Waals surface area contributed by atoms with E-state index in [0.717, 1.165) is 12.8 Å². The number of carbonyl (C=O) groups is 1. The molecule has 0 spiro atoms. The van der Waals surface area contributed by atoms with Gasteiger partial charge in [0.2, 0.25) is 0 Å². The molecule has 18 heavy (non-hydrogen) atoms. The molecule has 106 valence electrons. The molecular weight excluding hydrogens is 256 g/mol. The van der Waals surface area contributed by atoms with Gasteiger partial charge in [-0.2, -0.15) is 17.4 Å². The molecule has 0 aromatic heterocycles. The predicted octanol–water partition coefficient (Wildman–Crippen LogP) is 0.504. The Hall–Kier alpha value is -0.660. The van der Waals surface area contributed by atoms with E-state index in [1.165, 1.54) is 11.4 Å². The van der Waals surface area contributed by atoms with Crippen molar-refractivity contribution in [2.45, 2.75) is 39.2 Å². The maximum absolute atomic E-state index is 12.1. The number of hydrogen-bond acceptors (Lipinski definition) is 4. The number of hydrogen-bond donors (Lipinski definition) is 1. The van der Waals surface area contributed by atoms with Crippen molar-refractivity contribution in [2.24, 2.45) is 5.92 Å². The summed E-state index contributed by atoms with van der Waals surface area (Å²) in [5, 5.41) is 0. The summed E-state index contributed by atoms with van der Waals surface area (Å²) in [5.41, 5.74) is 0. The van der Waals surface area contributed by atoms with Crippen molar-refractivity contribution in [1.29, 1.82) is 0 Å². The maximum Gasteiger partial charge on any atom is 0.323 e. The monoisotopic (exact) mass is 278 g/mol. The van der Waals surface area contributed by atoms with Gasteiger partial charge in [0.15, 0.2) is 0 Å². The van der Waals surface area contributed by atoms with Gasteiger partial charge in [0.25, 0.3) is 10.2 Å². The summed E-state index contributed by atoms with van der Waals surface area (Å²) < 4.78 is 32.6. The first kappa shape index (κ1) is 15.4. The molecule has 6 nitrogen and oxygen atoms in total. The van der Waals surface area contributed by atoms with E-state index in [2.05, 4.69) is 9.46 Å². The van der Waals surface area contributed by atoms with Crippen molar-refractivity contribution in [1.82, 2.24) is 9.03 Å². The number of carbonyl (C=O) groups excluding carboxylic acids is 1. The zero-order valence-corrected chi connectivity index (χ0v) is 12.0. The lowest BCUT2D eigenvalue weighted by Crippen LogP contribution is -2.48. The number of nitrogens with zero attached hydrogens (tertiary/aromatic N) is 1. The molecule has 0 aliphatic carbocycles. The number of esters is 1. The van der Waals surface area contributed by atoms with Gasteiger partial charge >= 0.3 is 5.97 Å². The molecule has 1 aliphatic heterocycles. The van der Waals surface area contributed by atoms with Crippen LogP contribution in [0.1, 0.15) is 33.1 Å². The normalized spacial score (nSPS) is 19.1. The molecule has 1 saturated heterocycles. The molecule has 0 amide bonds. The zero-order chi connectivity index (χ0) is 13.8. The first-order chi connectivity index (χ1) is 8.36. The molecule has 0 radical (unpaired) electrons. The van der Waals surface area contributed by atoms with Gasteiger partial charge in [-0.05, 0) is 25.2 Å². The van der Waals surface area contributed by atoms with Gasteiger partial charge in [0.1, 0.15) is 6.04 Å². The van der Waals surface area contributed by atoms with E-state index >= 15 is 0 Å². The first-order valence-corrected chi connectivity index (χ1v) is 7.66. The summed E-state index contributed by atoms with van der Waals surface area (Å²) in [6.07, 6.45) is 2.17. The third kappa shape index (κ3) is 4.22. The SMILES string of the molecule is COC(=O)C(CC(C)C)NS(=O)(=O)N1CCCC1. The van der Waals surface area contributed by atoms with Crippen LogP contribution < -0.4 is 4.72 Å². The standard InChI is InChI=1S/C11H22N2O4S/c1-9(2)8-10(11(14)17-3)12-18(15,16)13-6-4-5-7-13/h9-10,12H,4-8H2,1-3H3. The first-order valence-electron chi connectivity index (χ1n) is 6.22. The van der Waals surface area contributed by atoms with Crippen molar-refractivity contribution < 1.29 is 17.9 Å². The molecule has 0 aromatic rings. The van der Waals surface area contributed by atoms with E-state index in [0.29, 0.717) is 19.5 Å². The van der Waals surface area contributed by atoms with Crippen LogP contribution in [0.3, 0.4) is 0 Å². The Morgan fingerprint density at radius 2 is 1.89 bits per heavy atom. The minimum absolute atomic E-state index is 0.204. The number of ether oxygens (including phenoxy) is 1. The second kappa shape index (κ2) is 6.49. The smallest absolute Gasteiger partial charge is 0.323 e. The fraction of sp³-hybridized carbons (Fsp3) is 0.909. The lowest BCUT2D eigenvalue weighted by molar-refractivity contribution is -0.143. The average molecular weight is 278 g/mol. The van der Waals surface area contributed by atoms with Gasteiger partial charge < -0.3 is 4.74 Å². The second-order valence-electron chi connectivity index (χ2n) is 4.93. The Labute approximate surface area is 109 Å². The highest BCUT2D eigenvalue weighted by Crippen LogP contribution is 2.14. The van der Waals surface area contributed by atoms with Crippen LogP contribution in [0.2, 0.25) is 0 Å². The molecule has 7 heteroatoms.